The number of rotatable bonds is 3. The summed E-state index contributed by atoms with van der Waals surface area (Å²) in [6, 6.07) is 8.25. The molecule has 0 aliphatic heterocycles. The van der Waals surface area contributed by atoms with Crippen LogP contribution in [0.3, 0.4) is 0 Å². The van der Waals surface area contributed by atoms with E-state index in [-0.39, 0.29) is 17.3 Å². The van der Waals surface area contributed by atoms with E-state index < -0.39 is 15.3 Å². The topological polar surface area (TPSA) is 60.4 Å². The first-order valence-corrected chi connectivity index (χ1v) is 7.46. The van der Waals surface area contributed by atoms with Gasteiger partial charge in [-0.05, 0) is 31.9 Å². The molecular weight excluding hydrogens is 264 g/mol. The zero-order valence-electron chi connectivity index (χ0n) is 10.9. The third kappa shape index (κ3) is 2.42. The molecule has 2 rings (SSSR count). The molecule has 1 aliphatic rings. The van der Waals surface area contributed by atoms with Crippen LogP contribution in [-0.2, 0) is 19.4 Å². The van der Waals surface area contributed by atoms with E-state index in [1.54, 1.807) is 43.3 Å². The van der Waals surface area contributed by atoms with Crippen LogP contribution >= 0.6 is 0 Å². The molecule has 0 radical (unpaired) electrons. The Morgan fingerprint density at radius 3 is 2.47 bits per heavy atom. The predicted molar refractivity (Wildman–Crippen MR) is 71.1 cm³/mol. The number of carbonyl (C=O) groups excluding carboxylic acids is 1. The van der Waals surface area contributed by atoms with Gasteiger partial charge in [0.25, 0.3) is 0 Å². The van der Waals surface area contributed by atoms with E-state index >= 15 is 0 Å². The number of hydrogen-bond acceptors (Lipinski definition) is 4. The highest BCUT2D eigenvalue weighted by atomic mass is 32.2. The molecule has 0 saturated carbocycles. The molecule has 102 valence electrons. The van der Waals surface area contributed by atoms with Crippen molar-refractivity contribution in [2.24, 2.45) is 5.41 Å². The molecule has 0 aromatic heterocycles. The molecule has 1 atom stereocenters. The Kier molecular flexibility index (Phi) is 3.49. The number of esters is 1. The predicted octanol–water partition coefficient (Wildman–Crippen LogP) is 2.32. The van der Waals surface area contributed by atoms with Gasteiger partial charge in [-0.15, -0.1) is 0 Å². The van der Waals surface area contributed by atoms with Crippen molar-refractivity contribution in [2.75, 3.05) is 7.11 Å². The van der Waals surface area contributed by atoms with E-state index in [1.807, 2.05) is 0 Å². The molecule has 0 saturated heterocycles. The van der Waals surface area contributed by atoms with Crippen molar-refractivity contribution in [3.05, 3.63) is 41.3 Å². The number of allylic oxidation sites excluding steroid dienone is 2. The van der Waals surface area contributed by atoms with Gasteiger partial charge in [-0.1, -0.05) is 24.3 Å². The summed E-state index contributed by atoms with van der Waals surface area (Å²) in [5.41, 5.74) is -0.772. The monoisotopic (exact) mass is 280 g/mol. The number of sulfone groups is 1. The van der Waals surface area contributed by atoms with Crippen LogP contribution in [0.4, 0.5) is 0 Å². The zero-order chi connectivity index (χ0) is 14.1. The van der Waals surface area contributed by atoms with E-state index in [1.165, 1.54) is 7.11 Å². The van der Waals surface area contributed by atoms with Gasteiger partial charge in [0.1, 0.15) is 0 Å². The minimum absolute atomic E-state index is 0.191. The van der Waals surface area contributed by atoms with Crippen molar-refractivity contribution < 1.29 is 17.9 Å². The molecule has 4 nitrogen and oxygen atoms in total. The van der Waals surface area contributed by atoms with Gasteiger partial charge in [0, 0.05) is 4.91 Å². The molecule has 1 aromatic carbocycles. The lowest BCUT2D eigenvalue weighted by molar-refractivity contribution is -0.151. The number of benzene rings is 1. The quantitative estimate of drug-likeness (QED) is 0.797. The highest BCUT2D eigenvalue weighted by Crippen LogP contribution is 2.41. The molecule has 0 N–H and O–H groups in total. The van der Waals surface area contributed by atoms with E-state index in [0.29, 0.717) is 11.3 Å². The fourth-order valence-electron chi connectivity index (χ4n) is 2.23. The van der Waals surface area contributed by atoms with Gasteiger partial charge < -0.3 is 4.74 Å². The molecule has 0 bridgehead atoms. The van der Waals surface area contributed by atoms with E-state index in [0.717, 1.165) is 0 Å². The summed E-state index contributed by atoms with van der Waals surface area (Å²) in [5, 5.41) is 0. The second-order valence-electron chi connectivity index (χ2n) is 4.92. The number of ether oxygens (including phenoxy) is 1. The maximum atomic E-state index is 12.4. The number of methoxy groups -OCH3 is 1. The van der Waals surface area contributed by atoms with Crippen LogP contribution in [0.15, 0.2) is 46.2 Å². The van der Waals surface area contributed by atoms with Crippen molar-refractivity contribution in [2.45, 2.75) is 24.7 Å². The Hall–Kier alpha value is -1.62. The smallest absolute Gasteiger partial charge is 0.312 e. The maximum Gasteiger partial charge on any atom is 0.312 e. The van der Waals surface area contributed by atoms with Crippen LogP contribution in [0.1, 0.15) is 19.8 Å². The molecule has 19 heavy (non-hydrogen) atoms. The summed E-state index contributed by atoms with van der Waals surface area (Å²) in [5.74, 6) is -0.373. The van der Waals surface area contributed by atoms with E-state index in [2.05, 4.69) is 0 Å². The molecule has 0 fully saturated rings. The Balaban J connectivity index is 2.29. The van der Waals surface area contributed by atoms with Gasteiger partial charge in [-0.25, -0.2) is 8.42 Å². The molecule has 0 heterocycles. The van der Waals surface area contributed by atoms with E-state index in [4.69, 9.17) is 4.74 Å². The van der Waals surface area contributed by atoms with E-state index in [9.17, 15) is 13.2 Å². The van der Waals surface area contributed by atoms with Crippen LogP contribution in [0, 0.1) is 5.41 Å². The summed E-state index contributed by atoms with van der Waals surface area (Å²) in [4.78, 5) is 12.3. The molecule has 0 amide bonds. The van der Waals surface area contributed by atoms with Crippen molar-refractivity contribution >= 4 is 15.8 Å². The second-order valence-corrected chi connectivity index (χ2v) is 6.92. The first-order chi connectivity index (χ1) is 8.90. The first kappa shape index (κ1) is 13.8. The lowest BCUT2D eigenvalue weighted by Gasteiger charge is -2.20. The molecule has 1 aromatic rings. The van der Waals surface area contributed by atoms with Crippen LogP contribution in [0.5, 0.6) is 0 Å². The van der Waals surface area contributed by atoms with Crippen molar-refractivity contribution in [3.8, 4) is 0 Å². The second kappa shape index (κ2) is 4.81. The standard InChI is InChI=1S/C14H16O4S/c1-14(13(15)18-2)9-8-12(10-14)19(16,17)11-6-4-3-5-7-11/h3-8H,9-10H2,1-2H3/t14-/m0/s1. The zero-order valence-corrected chi connectivity index (χ0v) is 11.7. The minimum Gasteiger partial charge on any atom is -0.469 e. The Morgan fingerprint density at radius 1 is 1.26 bits per heavy atom. The summed E-state index contributed by atoms with van der Waals surface area (Å²) in [7, 11) is -2.18. The number of hydrogen-bond donors (Lipinski definition) is 0. The molecule has 0 unspecified atom stereocenters. The lowest BCUT2D eigenvalue weighted by atomic mass is 9.88. The Labute approximate surface area is 113 Å². The third-order valence-corrected chi connectivity index (χ3v) is 5.32. The highest BCUT2D eigenvalue weighted by molar-refractivity contribution is 7.95. The van der Waals surface area contributed by atoms with Crippen molar-refractivity contribution in [1.29, 1.82) is 0 Å². The average molecular weight is 280 g/mol. The lowest BCUT2D eigenvalue weighted by Crippen LogP contribution is -2.26. The van der Waals surface area contributed by atoms with Crippen LogP contribution in [-0.4, -0.2) is 21.5 Å². The maximum absolute atomic E-state index is 12.4. The van der Waals surface area contributed by atoms with Crippen molar-refractivity contribution in [1.82, 2.24) is 0 Å². The molecular formula is C14H16O4S. The van der Waals surface area contributed by atoms with Gasteiger partial charge in [0.05, 0.1) is 17.4 Å². The average Bonchev–Trinajstić information content (AvgIpc) is 2.83. The summed E-state index contributed by atoms with van der Waals surface area (Å²) in [6.45, 7) is 1.73. The Morgan fingerprint density at radius 2 is 1.89 bits per heavy atom. The summed E-state index contributed by atoms with van der Waals surface area (Å²) in [6.07, 6.45) is 2.21. The largest absolute Gasteiger partial charge is 0.469 e. The Bertz CT molecular complexity index is 616. The minimum atomic E-state index is -3.50. The van der Waals surface area contributed by atoms with Gasteiger partial charge >= 0.3 is 5.97 Å². The molecule has 5 heteroatoms. The first-order valence-electron chi connectivity index (χ1n) is 5.98. The normalized spacial score (nSPS) is 22.9. The van der Waals surface area contributed by atoms with Gasteiger partial charge in [-0.3, -0.25) is 4.79 Å². The highest BCUT2D eigenvalue weighted by Gasteiger charge is 2.41. The van der Waals surface area contributed by atoms with Crippen molar-refractivity contribution in [3.63, 3.8) is 0 Å². The SMILES string of the molecule is COC(=O)[C@@]1(C)CC=C(S(=O)(=O)c2ccccc2)C1. The van der Waals surface area contributed by atoms with Crippen LogP contribution < -0.4 is 0 Å². The fourth-order valence-corrected chi connectivity index (χ4v) is 3.86. The molecule has 1 aliphatic carbocycles. The summed E-state index contributed by atoms with van der Waals surface area (Å²) >= 11 is 0. The fraction of sp³-hybridized carbons (Fsp3) is 0.357. The number of carbonyl (C=O) groups is 1. The third-order valence-electron chi connectivity index (χ3n) is 3.42. The van der Waals surface area contributed by atoms with Gasteiger partial charge in [0.2, 0.25) is 9.84 Å². The van der Waals surface area contributed by atoms with Gasteiger partial charge in [0.15, 0.2) is 0 Å². The van der Waals surface area contributed by atoms with Gasteiger partial charge in [-0.2, -0.15) is 0 Å². The molecule has 0 spiro atoms. The summed E-state index contributed by atoms with van der Waals surface area (Å²) < 4.78 is 29.6. The van der Waals surface area contributed by atoms with Crippen LogP contribution in [0.25, 0.3) is 0 Å². The van der Waals surface area contributed by atoms with Crippen LogP contribution in [0.2, 0.25) is 0 Å².